The highest BCUT2D eigenvalue weighted by Gasteiger charge is 2.35. The Morgan fingerprint density at radius 1 is 1.30 bits per heavy atom. The number of nitro groups is 1. The molecule has 7 heteroatoms. The average molecular weight is 433 g/mol. The molecule has 1 atom stereocenters. The number of piperidine rings is 1. The van der Waals surface area contributed by atoms with Gasteiger partial charge in [0.15, 0.2) is 6.04 Å². The number of rotatable bonds is 4. The number of nitrogens with one attached hydrogen (secondary N) is 1. The molecule has 128 valence electrons. The minimum Gasteiger partial charge on any atom is -1.00 e. The summed E-state index contributed by atoms with van der Waals surface area (Å²) in [6, 6.07) is 4.63. The van der Waals surface area contributed by atoms with Crippen molar-refractivity contribution in [2.45, 2.75) is 39.2 Å². The Kier molecular flexibility index (Phi) is 6.94. The second kappa shape index (κ2) is 8.05. The van der Waals surface area contributed by atoms with E-state index >= 15 is 0 Å². The summed E-state index contributed by atoms with van der Waals surface area (Å²) in [7, 11) is 2.11. The van der Waals surface area contributed by atoms with E-state index in [9.17, 15) is 14.9 Å². The van der Waals surface area contributed by atoms with E-state index in [1.165, 1.54) is 12.5 Å². The highest BCUT2D eigenvalue weighted by Crippen LogP contribution is 2.24. The van der Waals surface area contributed by atoms with Gasteiger partial charge >= 0.3 is 0 Å². The van der Waals surface area contributed by atoms with Crippen LogP contribution in [0.3, 0.4) is 0 Å². The van der Waals surface area contributed by atoms with Gasteiger partial charge in [0.05, 0.1) is 25.1 Å². The summed E-state index contributed by atoms with van der Waals surface area (Å²) < 4.78 is 0.736. The zero-order valence-electron chi connectivity index (χ0n) is 13.8. The fourth-order valence-corrected chi connectivity index (χ4v) is 3.04. The molecule has 1 aromatic carbocycles. The highest BCUT2D eigenvalue weighted by molar-refractivity contribution is 5.94. The van der Waals surface area contributed by atoms with Crippen molar-refractivity contribution in [3.05, 3.63) is 33.9 Å². The number of carbonyl (C=O) groups is 1. The molecule has 1 unspecified atom stereocenters. The van der Waals surface area contributed by atoms with Crippen molar-refractivity contribution in [1.29, 1.82) is 0 Å². The molecule has 1 aliphatic heterocycles. The number of hydrogen-bond donors (Lipinski definition) is 1. The molecule has 1 amide bonds. The Bertz CT molecular complexity index is 586. The number of carbonyl (C=O) groups excluding carboxylic acids is 1. The molecule has 1 heterocycles. The van der Waals surface area contributed by atoms with Gasteiger partial charge in [-0.3, -0.25) is 14.9 Å². The van der Waals surface area contributed by atoms with Gasteiger partial charge in [0, 0.05) is 17.3 Å². The van der Waals surface area contributed by atoms with Crippen molar-refractivity contribution in [2.75, 3.05) is 25.5 Å². The summed E-state index contributed by atoms with van der Waals surface area (Å²) in [4.78, 5) is 23.0. The molecular formula is C16H24IN3O3. The molecule has 1 saturated heterocycles. The number of likely N-dealkylation sites (tertiary alicyclic amines) is 1. The van der Waals surface area contributed by atoms with Crippen LogP contribution >= 0.6 is 0 Å². The van der Waals surface area contributed by atoms with Crippen LogP contribution in [0, 0.1) is 17.0 Å². The Balaban J connectivity index is 0.00000264. The lowest BCUT2D eigenvalue weighted by atomic mass is 10.0. The first kappa shape index (κ1) is 19.8. The molecule has 0 radical (unpaired) electrons. The smallest absolute Gasteiger partial charge is 0.282 e. The van der Waals surface area contributed by atoms with Crippen LogP contribution < -0.4 is 29.3 Å². The normalized spacial score (nSPS) is 17.7. The molecule has 23 heavy (non-hydrogen) atoms. The van der Waals surface area contributed by atoms with E-state index < -0.39 is 4.92 Å². The number of quaternary nitrogens is 1. The second-order valence-electron chi connectivity index (χ2n) is 6.41. The highest BCUT2D eigenvalue weighted by atomic mass is 127. The van der Waals surface area contributed by atoms with E-state index in [1.807, 2.05) is 6.92 Å². The van der Waals surface area contributed by atoms with Crippen LogP contribution in [-0.2, 0) is 4.79 Å². The third-order valence-corrected chi connectivity index (χ3v) is 4.83. The fourth-order valence-electron chi connectivity index (χ4n) is 3.04. The Hall–Kier alpha value is -1.22. The monoisotopic (exact) mass is 433 g/mol. The van der Waals surface area contributed by atoms with E-state index in [-0.39, 0.29) is 41.6 Å². The predicted octanol–water partition coefficient (Wildman–Crippen LogP) is -0.135. The number of halogens is 1. The van der Waals surface area contributed by atoms with Gasteiger partial charge in [-0.05, 0) is 39.2 Å². The molecule has 0 bridgehead atoms. The summed E-state index contributed by atoms with van der Waals surface area (Å²) in [6.07, 6.45) is 3.51. The standard InChI is InChI=1S/C16H23N3O3.HI/c1-12-7-8-14(11-15(12)18(21)22)17-16(20)13(2)19(3)9-5-4-6-10-19;/h7-8,11,13H,4-6,9-10H2,1-3H3;1H. The SMILES string of the molecule is Cc1ccc(NC(=O)C(C)[N+]2(C)CCCCC2)cc1[N+](=O)[O-].[I-]. The van der Waals surface area contributed by atoms with E-state index in [0.717, 1.165) is 30.4 Å². The molecule has 0 aliphatic carbocycles. The Labute approximate surface area is 154 Å². The lowest BCUT2D eigenvalue weighted by molar-refractivity contribution is -0.926. The third kappa shape index (κ3) is 4.63. The number of benzene rings is 1. The van der Waals surface area contributed by atoms with Crippen molar-refractivity contribution >= 4 is 17.3 Å². The van der Waals surface area contributed by atoms with Gasteiger partial charge < -0.3 is 33.8 Å². The molecule has 0 spiro atoms. The second-order valence-corrected chi connectivity index (χ2v) is 6.41. The zero-order valence-corrected chi connectivity index (χ0v) is 16.0. The van der Waals surface area contributed by atoms with E-state index in [4.69, 9.17) is 0 Å². The van der Waals surface area contributed by atoms with Crippen LogP contribution in [0.4, 0.5) is 11.4 Å². The largest absolute Gasteiger partial charge is 1.00 e. The van der Waals surface area contributed by atoms with Gasteiger partial charge in [0.1, 0.15) is 0 Å². The van der Waals surface area contributed by atoms with Crippen LogP contribution in [0.5, 0.6) is 0 Å². The van der Waals surface area contributed by atoms with E-state index in [0.29, 0.717) is 11.3 Å². The maximum Gasteiger partial charge on any atom is 0.282 e. The topological polar surface area (TPSA) is 72.2 Å². The van der Waals surface area contributed by atoms with Gasteiger partial charge in [-0.15, -0.1) is 0 Å². The predicted molar refractivity (Wildman–Crippen MR) is 85.7 cm³/mol. The van der Waals surface area contributed by atoms with Crippen molar-refractivity contribution in [1.82, 2.24) is 0 Å². The first-order valence-electron chi connectivity index (χ1n) is 7.73. The van der Waals surface area contributed by atoms with Gasteiger partial charge in [0.25, 0.3) is 11.6 Å². The Morgan fingerprint density at radius 2 is 1.91 bits per heavy atom. The number of anilines is 1. The summed E-state index contributed by atoms with van der Waals surface area (Å²) in [6.45, 7) is 5.63. The minimum atomic E-state index is -0.424. The quantitative estimate of drug-likeness (QED) is 0.311. The first-order chi connectivity index (χ1) is 10.3. The van der Waals surface area contributed by atoms with Crippen molar-refractivity contribution in [3.63, 3.8) is 0 Å². The summed E-state index contributed by atoms with van der Waals surface area (Å²) >= 11 is 0. The number of likely N-dealkylation sites (N-methyl/N-ethyl adjacent to an activating group) is 1. The van der Waals surface area contributed by atoms with Crippen molar-refractivity contribution in [2.24, 2.45) is 0 Å². The number of nitro benzene ring substituents is 1. The van der Waals surface area contributed by atoms with E-state index in [2.05, 4.69) is 12.4 Å². The van der Waals surface area contributed by atoms with Crippen LogP contribution in [0.2, 0.25) is 0 Å². The lowest BCUT2D eigenvalue weighted by Crippen LogP contribution is -3.00. The first-order valence-corrected chi connectivity index (χ1v) is 7.73. The molecule has 1 N–H and O–H groups in total. The summed E-state index contributed by atoms with van der Waals surface area (Å²) in [5.74, 6) is -0.0810. The fraction of sp³-hybridized carbons (Fsp3) is 0.562. The summed E-state index contributed by atoms with van der Waals surface area (Å²) in [5.41, 5.74) is 1.10. The van der Waals surface area contributed by atoms with Gasteiger partial charge in [-0.1, -0.05) is 6.07 Å². The van der Waals surface area contributed by atoms with Crippen LogP contribution in [-0.4, -0.2) is 41.5 Å². The van der Waals surface area contributed by atoms with Crippen LogP contribution in [0.15, 0.2) is 18.2 Å². The van der Waals surface area contributed by atoms with Gasteiger partial charge in [0.2, 0.25) is 0 Å². The van der Waals surface area contributed by atoms with Crippen LogP contribution in [0.25, 0.3) is 0 Å². The molecule has 1 aromatic rings. The molecule has 6 nitrogen and oxygen atoms in total. The third-order valence-electron chi connectivity index (χ3n) is 4.83. The number of amides is 1. The average Bonchev–Trinajstić information content (AvgIpc) is 2.48. The Morgan fingerprint density at radius 3 is 2.48 bits per heavy atom. The van der Waals surface area contributed by atoms with Crippen molar-refractivity contribution in [3.8, 4) is 0 Å². The molecule has 0 saturated carbocycles. The molecular weight excluding hydrogens is 409 g/mol. The lowest BCUT2D eigenvalue weighted by Gasteiger charge is -2.41. The number of nitrogens with zero attached hydrogens (tertiary/aromatic N) is 2. The van der Waals surface area contributed by atoms with Gasteiger partial charge in [-0.2, -0.15) is 0 Å². The maximum absolute atomic E-state index is 12.5. The van der Waals surface area contributed by atoms with Crippen LogP contribution in [0.1, 0.15) is 31.7 Å². The van der Waals surface area contributed by atoms with Gasteiger partial charge in [-0.25, -0.2) is 0 Å². The molecule has 2 rings (SSSR count). The molecule has 1 aliphatic rings. The minimum absolute atomic E-state index is 0. The number of aryl methyl sites for hydroxylation is 1. The zero-order chi connectivity index (χ0) is 16.3. The maximum atomic E-state index is 12.5. The van der Waals surface area contributed by atoms with E-state index in [1.54, 1.807) is 19.1 Å². The summed E-state index contributed by atoms with van der Waals surface area (Å²) in [5, 5.41) is 13.8. The molecule has 0 aromatic heterocycles. The molecule has 1 fully saturated rings. The number of hydrogen-bond acceptors (Lipinski definition) is 3. The van der Waals surface area contributed by atoms with Crippen molar-refractivity contribution < 1.29 is 38.2 Å².